The lowest BCUT2D eigenvalue weighted by atomic mass is 9.44. The van der Waals surface area contributed by atoms with Crippen molar-refractivity contribution >= 4 is 23.1 Å². The summed E-state index contributed by atoms with van der Waals surface area (Å²) in [6, 6.07) is 0. The molecule has 0 aliphatic heterocycles. The van der Waals surface area contributed by atoms with Gasteiger partial charge in [0.2, 0.25) is 0 Å². The third-order valence-electron chi connectivity index (χ3n) is 17.3. The maximum Gasteiger partial charge on any atom is 0.160 e. The molecule has 0 radical (unpaired) electrons. The molecule has 11 atom stereocenters. The molecule has 0 heterocycles. The van der Waals surface area contributed by atoms with Gasteiger partial charge in [-0.2, -0.15) is 0 Å². The fourth-order valence-electron chi connectivity index (χ4n) is 14.6. The predicted molar refractivity (Wildman–Crippen MR) is 180 cm³/mol. The zero-order valence-corrected chi connectivity index (χ0v) is 29.1. The maximum atomic E-state index is 14.7. The molecule has 4 nitrogen and oxygen atoms in total. The van der Waals surface area contributed by atoms with Gasteiger partial charge in [0, 0.05) is 24.7 Å². The van der Waals surface area contributed by atoms with Crippen molar-refractivity contribution in [3.05, 3.63) is 34.9 Å². The molecular weight excluding hydrogens is 568 g/mol. The van der Waals surface area contributed by atoms with E-state index < -0.39 is 5.41 Å². The Morgan fingerprint density at radius 2 is 1.20 bits per heavy atom. The first-order valence-corrected chi connectivity index (χ1v) is 19.0. The second-order valence-corrected chi connectivity index (χ2v) is 18.5. The quantitative estimate of drug-likeness (QED) is 0.313. The van der Waals surface area contributed by atoms with Gasteiger partial charge in [0.1, 0.15) is 5.78 Å². The molecule has 0 N–H and O–H groups in total. The van der Waals surface area contributed by atoms with Gasteiger partial charge < -0.3 is 0 Å². The predicted octanol–water partition coefficient (Wildman–Crippen LogP) is 9.12. The summed E-state index contributed by atoms with van der Waals surface area (Å²) in [6.45, 7) is 11.4. The van der Waals surface area contributed by atoms with Gasteiger partial charge in [-0.3, -0.25) is 19.2 Å². The summed E-state index contributed by atoms with van der Waals surface area (Å²) in [5.74, 6) is 4.44. The molecule has 46 heavy (non-hydrogen) atoms. The number of rotatable bonds is 4. The van der Waals surface area contributed by atoms with Gasteiger partial charge >= 0.3 is 0 Å². The highest BCUT2D eigenvalue weighted by atomic mass is 16.1. The van der Waals surface area contributed by atoms with Crippen LogP contribution in [0.3, 0.4) is 0 Å². The van der Waals surface area contributed by atoms with E-state index >= 15 is 0 Å². The number of hydrogen-bond donors (Lipinski definition) is 0. The molecule has 0 saturated heterocycles. The lowest BCUT2D eigenvalue weighted by molar-refractivity contribution is -0.146. The lowest BCUT2D eigenvalue weighted by Crippen LogP contribution is -2.55. The minimum Gasteiger partial charge on any atom is -0.299 e. The zero-order chi connectivity index (χ0) is 32.4. The summed E-state index contributed by atoms with van der Waals surface area (Å²) in [4.78, 5) is 53.3. The number of hydrogen-bond acceptors (Lipinski definition) is 4. The molecule has 0 unspecified atom stereocenters. The molecule has 0 aromatic rings. The van der Waals surface area contributed by atoms with E-state index in [4.69, 9.17) is 0 Å². The highest BCUT2D eigenvalue weighted by Gasteiger charge is 2.67. The number of ketones is 4. The van der Waals surface area contributed by atoms with Crippen molar-refractivity contribution in [2.75, 3.05) is 0 Å². The Labute approximate surface area is 276 Å². The number of fused-ring (bicyclic) bond motifs is 10. The molecule has 0 spiro atoms. The van der Waals surface area contributed by atoms with Gasteiger partial charge in [-0.15, -0.1) is 0 Å². The van der Waals surface area contributed by atoms with Crippen LogP contribution in [0.15, 0.2) is 34.9 Å². The molecule has 5 fully saturated rings. The Morgan fingerprint density at radius 3 is 1.78 bits per heavy atom. The van der Waals surface area contributed by atoms with Crippen LogP contribution in [0.25, 0.3) is 0 Å². The Bertz CT molecular complexity index is 1510. The summed E-state index contributed by atoms with van der Waals surface area (Å²) in [5.41, 5.74) is 3.27. The van der Waals surface area contributed by atoms with Crippen LogP contribution in [0.2, 0.25) is 0 Å². The van der Waals surface area contributed by atoms with E-state index in [2.05, 4.69) is 33.8 Å². The van der Waals surface area contributed by atoms with Crippen LogP contribution in [0.5, 0.6) is 0 Å². The largest absolute Gasteiger partial charge is 0.299 e. The van der Waals surface area contributed by atoms with E-state index in [-0.39, 0.29) is 33.2 Å². The van der Waals surface area contributed by atoms with Crippen LogP contribution in [0, 0.1) is 62.6 Å². The zero-order valence-electron chi connectivity index (χ0n) is 29.1. The normalized spacial score (nSPS) is 49.3. The van der Waals surface area contributed by atoms with Crippen molar-refractivity contribution in [2.45, 2.75) is 137 Å². The number of carbonyl (C=O) groups excluding carboxylic acids is 4. The molecule has 5 saturated carbocycles. The topological polar surface area (TPSA) is 68.3 Å². The van der Waals surface area contributed by atoms with E-state index in [1.165, 1.54) is 11.1 Å². The van der Waals surface area contributed by atoms with Gasteiger partial charge in [-0.05, 0) is 165 Å². The Balaban J connectivity index is 1.04. The van der Waals surface area contributed by atoms with E-state index in [0.29, 0.717) is 66.3 Å². The van der Waals surface area contributed by atoms with Gasteiger partial charge in [0.15, 0.2) is 17.3 Å². The number of allylic oxidation sites excluding steroid dienone is 5. The smallest absolute Gasteiger partial charge is 0.160 e. The Kier molecular flexibility index (Phi) is 6.92. The monoisotopic (exact) mass is 624 g/mol. The minimum absolute atomic E-state index is 0.103. The Hall–Kier alpha value is -2.10. The average Bonchev–Trinajstić information content (AvgIpc) is 3.52. The van der Waals surface area contributed by atoms with Crippen molar-refractivity contribution in [2.24, 2.45) is 62.6 Å². The van der Waals surface area contributed by atoms with Crippen molar-refractivity contribution in [3.8, 4) is 0 Å². The van der Waals surface area contributed by atoms with E-state index in [0.717, 1.165) is 89.0 Å². The van der Waals surface area contributed by atoms with Crippen LogP contribution < -0.4 is 0 Å². The number of Topliss-reactive ketones (excluding diaryl/α,β-unsaturated/α-hetero) is 2. The van der Waals surface area contributed by atoms with Crippen LogP contribution in [0.4, 0.5) is 0 Å². The third kappa shape index (κ3) is 3.97. The second-order valence-electron chi connectivity index (χ2n) is 18.5. The van der Waals surface area contributed by atoms with Gasteiger partial charge in [-0.1, -0.05) is 44.9 Å². The van der Waals surface area contributed by atoms with Crippen molar-refractivity contribution in [3.63, 3.8) is 0 Å². The van der Waals surface area contributed by atoms with Crippen LogP contribution in [-0.4, -0.2) is 23.1 Å². The second kappa shape index (κ2) is 10.2. The molecule has 0 aromatic heterocycles. The van der Waals surface area contributed by atoms with Crippen molar-refractivity contribution in [1.29, 1.82) is 0 Å². The highest BCUT2D eigenvalue weighted by Crippen LogP contribution is 2.72. The summed E-state index contributed by atoms with van der Waals surface area (Å²) in [5, 5.41) is 0. The molecule has 8 rings (SSSR count). The van der Waals surface area contributed by atoms with Gasteiger partial charge in [0.25, 0.3) is 0 Å². The molecular formula is C42H56O4. The van der Waals surface area contributed by atoms with Crippen molar-refractivity contribution < 1.29 is 19.2 Å². The summed E-state index contributed by atoms with van der Waals surface area (Å²) < 4.78 is 0. The van der Waals surface area contributed by atoms with Crippen LogP contribution in [-0.2, 0) is 19.2 Å². The van der Waals surface area contributed by atoms with Gasteiger partial charge in [-0.25, -0.2) is 0 Å². The number of carbonyl (C=O) groups is 4. The molecule has 8 aliphatic carbocycles. The molecule has 0 amide bonds. The summed E-state index contributed by atoms with van der Waals surface area (Å²) in [6.07, 6.45) is 21.5. The van der Waals surface area contributed by atoms with E-state index in [1.54, 1.807) is 6.92 Å². The van der Waals surface area contributed by atoms with Crippen LogP contribution >= 0.6 is 0 Å². The van der Waals surface area contributed by atoms with E-state index in [9.17, 15) is 19.2 Å². The third-order valence-corrected chi connectivity index (χ3v) is 17.3. The maximum absolute atomic E-state index is 14.7. The first-order chi connectivity index (χ1) is 21.8. The lowest BCUT2D eigenvalue weighted by Gasteiger charge is -2.60. The molecule has 248 valence electrons. The van der Waals surface area contributed by atoms with E-state index in [1.807, 2.05) is 12.2 Å². The first-order valence-electron chi connectivity index (χ1n) is 19.0. The molecule has 4 heteroatoms. The fourth-order valence-corrected chi connectivity index (χ4v) is 14.6. The Morgan fingerprint density at radius 1 is 0.652 bits per heavy atom. The highest BCUT2D eigenvalue weighted by molar-refractivity contribution is 6.01. The standard InChI is InChI=1S/C42H56O4/c1-25(43)42(21-16-35-31-9-7-27-23-29(45)13-18-39(27,3)34(31)15-20-41(35,42)5)24-37(46)36-11-10-32-30-8-6-26-22-28(44)12-17-38(26,2)33(30)14-19-40(32,36)4/h11,22-23,30-35H,6-10,12-21,24H2,1-5H3/t30-,31+,32-,33-,34-,35-,38-,39-,40-,41-,42-/m0/s1. The first kappa shape index (κ1) is 31.2. The SMILES string of the molecule is CC(=O)[C@@]1(CC(=O)C2=CC[C@H]3[C@@H]4CCC5=CC(=O)CC[C@]5(C)[C@H]4CC[C@]23C)CC[C@H]2[C@@H]3CCC4=CC(=O)CC[C@]4(C)[C@H]3CC[C@@]21C. The summed E-state index contributed by atoms with van der Waals surface area (Å²) >= 11 is 0. The molecule has 0 aromatic carbocycles. The minimum atomic E-state index is -0.571. The fraction of sp³-hybridized carbons (Fsp3) is 0.762. The van der Waals surface area contributed by atoms with Crippen molar-refractivity contribution in [1.82, 2.24) is 0 Å². The average molecular weight is 625 g/mol. The summed E-state index contributed by atoms with van der Waals surface area (Å²) in [7, 11) is 0. The van der Waals surface area contributed by atoms with Crippen LogP contribution in [0.1, 0.15) is 137 Å². The van der Waals surface area contributed by atoms with Gasteiger partial charge in [0.05, 0.1) is 0 Å². The molecule has 0 bridgehead atoms. The molecule has 8 aliphatic rings.